The van der Waals surface area contributed by atoms with Crippen LogP contribution in [0.15, 0.2) is 18.2 Å². The molecule has 2 unspecified atom stereocenters. The molecule has 2 heterocycles. The predicted molar refractivity (Wildman–Crippen MR) is 83.6 cm³/mol. The van der Waals surface area contributed by atoms with Crippen LogP contribution in [0.2, 0.25) is 0 Å². The third-order valence-corrected chi connectivity index (χ3v) is 4.99. The van der Waals surface area contributed by atoms with Crippen molar-refractivity contribution < 1.29 is 14.6 Å². The number of ether oxygens (including phenoxy) is 1. The molecule has 2 atom stereocenters. The standard InChI is InChI=1S/C17H24N2O3/c1-2-11-4-3-5-13-15(20)14(10-22-16(11)13)19-8-6-12(7-9-19)17(18)21/h3-5,12,14-15,20H,2,6-10H2,1H3,(H2,18,21). The van der Waals surface area contributed by atoms with Gasteiger partial charge >= 0.3 is 0 Å². The van der Waals surface area contributed by atoms with Gasteiger partial charge in [0.1, 0.15) is 18.5 Å². The Morgan fingerprint density at radius 1 is 1.41 bits per heavy atom. The van der Waals surface area contributed by atoms with Crippen LogP contribution in [-0.2, 0) is 11.2 Å². The molecule has 0 aromatic heterocycles. The van der Waals surface area contributed by atoms with Gasteiger partial charge in [0.05, 0.1) is 6.04 Å². The zero-order chi connectivity index (χ0) is 15.7. The molecular weight excluding hydrogens is 280 g/mol. The summed E-state index contributed by atoms with van der Waals surface area (Å²) in [6, 6.07) is 5.92. The number of rotatable bonds is 3. The van der Waals surface area contributed by atoms with E-state index in [0.717, 1.165) is 49.2 Å². The fraction of sp³-hybridized carbons (Fsp3) is 0.588. The molecule has 0 aliphatic carbocycles. The normalized spacial score (nSPS) is 26.3. The van der Waals surface area contributed by atoms with Gasteiger partial charge in [-0.3, -0.25) is 9.69 Å². The molecule has 0 saturated carbocycles. The van der Waals surface area contributed by atoms with Gasteiger partial charge < -0.3 is 15.6 Å². The Labute approximate surface area is 131 Å². The number of aliphatic hydroxyl groups is 1. The van der Waals surface area contributed by atoms with Crippen molar-refractivity contribution >= 4 is 5.91 Å². The van der Waals surface area contributed by atoms with E-state index >= 15 is 0 Å². The summed E-state index contributed by atoms with van der Waals surface area (Å²) < 4.78 is 5.96. The Kier molecular flexibility index (Phi) is 4.36. The molecule has 0 bridgehead atoms. The lowest BCUT2D eigenvalue weighted by atomic mass is 9.91. The number of piperidine rings is 1. The molecule has 0 spiro atoms. The number of aliphatic hydroxyl groups excluding tert-OH is 1. The highest BCUT2D eigenvalue weighted by atomic mass is 16.5. The van der Waals surface area contributed by atoms with E-state index in [2.05, 4.69) is 11.8 Å². The quantitative estimate of drug-likeness (QED) is 0.881. The van der Waals surface area contributed by atoms with Crippen molar-refractivity contribution in [1.82, 2.24) is 4.90 Å². The molecule has 5 nitrogen and oxygen atoms in total. The summed E-state index contributed by atoms with van der Waals surface area (Å²) in [4.78, 5) is 13.5. The van der Waals surface area contributed by atoms with E-state index in [0.29, 0.717) is 6.61 Å². The van der Waals surface area contributed by atoms with Crippen LogP contribution in [0.3, 0.4) is 0 Å². The first-order chi connectivity index (χ1) is 10.6. The summed E-state index contributed by atoms with van der Waals surface area (Å²) in [6.07, 6.45) is 1.88. The van der Waals surface area contributed by atoms with Crippen LogP contribution in [-0.4, -0.2) is 41.7 Å². The van der Waals surface area contributed by atoms with Crippen molar-refractivity contribution in [3.8, 4) is 5.75 Å². The van der Waals surface area contributed by atoms with Gasteiger partial charge in [-0.2, -0.15) is 0 Å². The minimum Gasteiger partial charge on any atom is -0.491 e. The molecular formula is C17H24N2O3. The SMILES string of the molecule is CCc1cccc2c1OCC(N1CCC(C(N)=O)CC1)C2O. The Balaban J connectivity index is 1.74. The van der Waals surface area contributed by atoms with Crippen molar-refractivity contribution in [1.29, 1.82) is 0 Å². The zero-order valence-electron chi connectivity index (χ0n) is 13.0. The van der Waals surface area contributed by atoms with E-state index < -0.39 is 6.10 Å². The average Bonchev–Trinajstić information content (AvgIpc) is 2.55. The molecule has 22 heavy (non-hydrogen) atoms. The lowest BCUT2D eigenvalue weighted by Gasteiger charge is -2.41. The number of hydrogen-bond donors (Lipinski definition) is 2. The van der Waals surface area contributed by atoms with Crippen molar-refractivity contribution in [3.05, 3.63) is 29.3 Å². The van der Waals surface area contributed by atoms with Crippen molar-refractivity contribution in [2.45, 2.75) is 38.3 Å². The molecule has 1 fully saturated rings. The molecule has 1 aromatic rings. The van der Waals surface area contributed by atoms with Crippen molar-refractivity contribution in [2.24, 2.45) is 11.7 Å². The van der Waals surface area contributed by atoms with Gasteiger partial charge in [-0.25, -0.2) is 0 Å². The van der Waals surface area contributed by atoms with E-state index in [1.807, 2.05) is 18.2 Å². The number of nitrogens with zero attached hydrogens (tertiary/aromatic N) is 1. The van der Waals surface area contributed by atoms with Crippen LogP contribution in [0.4, 0.5) is 0 Å². The number of amides is 1. The first-order valence-corrected chi connectivity index (χ1v) is 8.07. The number of carbonyl (C=O) groups is 1. The first-order valence-electron chi connectivity index (χ1n) is 8.07. The van der Waals surface area contributed by atoms with Crippen LogP contribution >= 0.6 is 0 Å². The Bertz CT molecular complexity index is 553. The van der Waals surface area contributed by atoms with Gasteiger partial charge in [-0.15, -0.1) is 0 Å². The second kappa shape index (κ2) is 6.26. The minimum atomic E-state index is -0.541. The third-order valence-electron chi connectivity index (χ3n) is 4.99. The van der Waals surface area contributed by atoms with Crippen molar-refractivity contribution in [3.63, 3.8) is 0 Å². The number of para-hydroxylation sites is 1. The van der Waals surface area contributed by atoms with Gasteiger partial charge in [0.2, 0.25) is 5.91 Å². The maximum Gasteiger partial charge on any atom is 0.220 e. The predicted octanol–water partition coefficient (Wildman–Crippen LogP) is 1.24. The molecule has 2 aliphatic rings. The lowest BCUT2D eigenvalue weighted by Crippen LogP contribution is -2.50. The molecule has 1 aromatic carbocycles. The summed E-state index contributed by atoms with van der Waals surface area (Å²) in [5.41, 5.74) is 7.41. The van der Waals surface area contributed by atoms with E-state index in [9.17, 15) is 9.90 Å². The summed E-state index contributed by atoms with van der Waals surface area (Å²) >= 11 is 0. The van der Waals surface area contributed by atoms with Crippen LogP contribution in [0.1, 0.15) is 37.0 Å². The third kappa shape index (κ3) is 2.71. The first kappa shape index (κ1) is 15.3. The summed E-state index contributed by atoms with van der Waals surface area (Å²) in [5.74, 6) is 0.607. The van der Waals surface area contributed by atoms with Gasteiger partial charge in [0.25, 0.3) is 0 Å². The molecule has 1 saturated heterocycles. The maximum absolute atomic E-state index is 11.3. The molecule has 120 valence electrons. The summed E-state index contributed by atoms with van der Waals surface area (Å²) in [7, 11) is 0. The van der Waals surface area contributed by atoms with Crippen LogP contribution in [0, 0.1) is 5.92 Å². The van der Waals surface area contributed by atoms with E-state index in [1.54, 1.807) is 0 Å². The van der Waals surface area contributed by atoms with Crippen LogP contribution in [0.5, 0.6) is 5.75 Å². The van der Waals surface area contributed by atoms with Crippen LogP contribution < -0.4 is 10.5 Å². The molecule has 3 rings (SSSR count). The second-order valence-electron chi connectivity index (χ2n) is 6.22. The summed E-state index contributed by atoms with van der Waals surface area (Å²) in [5, 5.41) is 10.8. The van der Waals surface area contributed by atoms with Crippen LogP contribution in [0.25, 0.3) is 0 Å². The highest BCUT2D eigenvalue weighted by Crippen LogP contribution is 2.37. The van der Waals surface area contributed by atoms with E-state index in [1.165, 1.54) is 0 Å². The molecule has 2 aliphatic heterocycles. The molecule has 1 amide bonds. The average molecular weight is 304 g/mol. The molecule has 0 radical (unpaired) electrons. The number of aryl methyl sites for hydroxylation is 1. The fourth-order valence-corrected chi connectivity index (χ4v) is 3.58. The van der Waals surface area contributed by atoms with E-state index in [4.69, 9.17) is 10.5 Å². The number of benzene rings is 1. The minimum absolute atomic E-state index is 0.0307. The largest absolute Gasteiger partial charge is 0.491 e. The second-order valence-corrected chi connectivity index (χ2v) is 6.22. The van der Waals surface area contributed by atoms with Gasteiger partial charge in [0, 0.05) is 11.5 Å². The Hall–Kier alpha value is -1.59. The highest BCUT2D eigenvalue weighted by Gasteiger charge is 2.36. The molecule has 3 N–H and O–H groups in total. The number of nitrogens with two attached hydrogens (primary N) is 1. The topological polar surface area (TPSA) is 75.8 Å². The summed E-state index contributed by atoms with van der Waals surface area (Å²) in [6.45, 7) is 4.14. The Morgan fingerprint density at radius 3 is 2.77 bits per heavy atom. The number of carbonyl (C=O) groups excluding carboxylic acids is 1. The monoisotopic (exact) mass is 304 g/mol. The smallest absolute Gasteiger partial charge is 0.220 e. The number of primary amides is 1. The fourth-order valence-electron chi connectivity index (χ4n) is 3.58. The zero-order valence-corrected chi connectivity index (χ0v) is 13.0. The lowest BCUT2D eigenvalue weighted by molar-refractivity contribution is -0.123. The number of fused-ring (bicyclic) bond motifs is 1. The van der Waals surface area contributed by atoms with Crippen molar-refractivity contribution in [2.75, 3.05) is 19.7 Å². The van der Waals surface area contributed by atoms with E-state index in [-0.39, 0.29) is 17.9 Å². The van der Waals surface area contributed by atoms with Gasteiger partial charge in [-0.1, -0.05) is 25.1 Å². The Morgan fingerprint density at radius 2 is 2.14 bits per heavy atom. The van der Waals surface area contributed by atoms with Gasteiger partial charge in [-0.05, 0) is 37.9 Å². The number of hydrogen-bond acceptors (Lipinski definition) is 4. The highest BCUT2D eigenvalue weighted by molar-refractivity contribution is 5.76. The number of likely N-dealkylation sites (tertiary alicyclic amines) is 1. The van der Waals surface area contributed by atoms with Gasteiger partial charge in [0.15, 0.2) is 0 Å². The maximum atomic E-state index is 11.3. The molecule has 5 heteroatoms.